The van der Waals surface area contributed by atoms with Gasteiger partial charge in [0.25, 0.3) is 0 Å². The van der Waals surface area contributed by atoms with E-state index in [0.717, 1.165) is 12.8 Å². The number of nitrogens with zero attached hydrogens (tertiary/aromatic N) is 1. The van der Waals surface area contributed by atoms with E-state index in [1.54, 1.807) is 0 Å². The Kier molecular flexibility index (Phi) is 2.76. The molecule has 90 valence electrons. The molecule has 1 aliphatic carbocycles. The van der Waals surface area contributed by atoms with E-state index in [9.17, 15) is 5.26 Å². The van der Waals surface area contributed by atoms with Crippen LogP contribution in [0, 0.1) is 22.7 Å². The van der Waals surface area contributed by atoms with E-state index >= 15 is 0 Å². The predicted octanol–water partition coefficient (Wildman–Crippen LogP) is 2.86. The van der Waals surface area contributed by atoms with Gasteiger partial charge < -0.3 is 9.47 Å². The molecule has 2 fully saturated rings. The van der Waals surface area contributed by atoms with Crippen molar-refractivity contribution in [2.45, 2.75) is 65.0 Å². The van der Waals surface area contributed by atoms with Crippen LogP contribution in [0.2, 0.25) is 0 Å². The fourth-order valence-corrected chi connectivity index (χ4v) is 2.71. The zero-order valence-corrected chi connectivity index (χ0v) is 10.6. The maximum absolute atomic E-state index is 9.24. The van der Waals surface area contributed by atoms with Gasteiger partial charge in [-0.05, 0) is 25.7 Å². The van der Waals surface area contributed by atoms with Crippen LogP contribution in [0.3, 0.4) is 0 Å². The first kappa shape index (κ1) is 11.9. The maximum atomic E-state index is 9.24. The molecule has 0 aromatic heterocycles. The molecule has 0 aromatic rings. The van der Waals surface area contributed by atoms with Crippen LogP contribution in [0.25, 0.3) is 0 Å². The molecule has 16 heavy (non-hydrogen) atoms. The van der Waals surface area contributed by atoms with Crippen molar-refractivity contribution in [1.29, 1.82) is 5.26 Å². The third kappa shape index (κ3) is 1.85. The number of hydrogen-bond donors (Lipinski definition) is 0. The molecule has 0 radical (unpaired) electrons. The van der Waals surface area contributed by atoms with Gasteiger partial charge in [-0.3, -0.25) is 0 Å². The monoisotopic (exact) mass is 223 g/mol. The lowest BCUT2D eigenvalue weighted by Crippen LogP contribution is -2.43. The van der Waals surface area contributed by atoms with E-state index in [-0.39, 0.29) is 23.5 Å². The lowest BCUT2D eigenvalue weighted by atomic mass is 9.67. The topological polar surface area (TPSA) is 42.2 Å². The van der Waals surface area contributed by atoms with Crippen molar-refractivity contribution >= 4 is 0 Å². The zero-order valence-electron chi connectivity index (χ0n) is 10.6. The van der Waals surface area contributed by atoms with Crippen LogP contribution in [0.15, 0.2) is 0 Å². The van der Waals surface area contributed by atoms with E-state index < -0.39 is 5.79 Å². The second-order valence-corrected chi connectivity index (χ2v) is 5.93. The zero-order chi connectivity index (χ0) is 12.0. The van der Waals surface area contributed by atoms with Crippen LogP contribution >= 0.6 is 0 Å². The van der Waals surface area contributed by atoms with Gasteiger partial charge >= 0.3 is 0 Å². The van der Waals surface area contributed by atoms with Crippen LogP contribution in [0.1, 0.15) is 47.0 Å². The van der Waals surface area contributed by atoms with Gasteiger partial charge in [0, 0.05) is 12.8 Å². The Labute approximate surface area is 97.7 Å². The Bertz CT molecular complexity index is 308. The summed E-state index contributed by atoms with van der Waals surface area (Å²) in [6, 6.07) is 2.42. The fraction of sp³-hybridized carbons (Fsp3) is 0.923. The summed E-state index contributed by atoms with van der Waals surface area (Å²) in [5.74, 6) is -0.451. The van der Waals surface area contributed by atoms with Gasteiger partial charge in [0.15, 0.2) is 5.79 Å². The van der Waals surface area contributed by atoms with E-state index in [4.69, 9.17) is 9.47 Å². The first-order chi connectivity index (χ1) is 7.38. The van der Waals surface area contributed by atoms with Crippen molar-refractivity contribution < 1.29 is 9.47 Å². The molecule has 0 N–H and O–H groups in total. The van der Waals surface area contributed by atoms with Gasteiger partial charge in [-0.15, -0.1) is 0 Å². The molecule has 2 rings (SSSR count). The maximum Gasteiger partial charge on any atom is 0.170 e. The molecule has 1 aliphatic heterocycles. The van der Waals surface area contributed by atoms with Gasteiger partial charge in [0.1, 0.15) is 0 Å². The third-order valence-corrected chi connectivity index (χ3v) is 4.23. The summed E-state index contributed by atoms with van der Waals surface area (Å²) in [7, 11) is 0. The molecule has 0 bridgehead atoms. The highest BCUT2D eigenvalue weighted by Crippen LogP contribution is 2.49. The second-order valence-electron chi connectivity index (χ2n) is 5.93. The Morgan fingerprint density at radius 3 is 2.19 bits per heavy atom. The van der Waals surface area contributed by atoms with Gasteiger partial charge in [-0.1, -0.05) is 13.8 Å². The summed E-state index contributed by atoms with van der Waals surface area (Å²) >= 11 is 0. The minimum absolute atomic E-state index is 0.0266. The van der Waals surface area contributed by atoms with Gasteiger partial charge in [0.2, 0.25) is 0 Å². The van der Waals surface area contributed by atoms with E-state index in [0.29, 0.717) is 6.42 Å². The highest BCUT2D eigenvalue weighted by molar-refractivity contribution is 5.02. The largest absolute Gasteiger partial charge is 0.344 e. The van der Waals surface area contributed by atoms with E-state index in [2.05, 4.69) is 19.9 Å². The lowest BCUT2D eigenvalue weighted by molar-refractivity contribution is -0.211. The van der Waals surface area contributed by atoms with Crippen LogP contribution < -0.4 is 0 Å². The Morgan fingerprint density at radius 1 is 1.12 bits per heavy atom. The standard InChI is InChI=1S/C13H21NO2/c1-9-10(2)16-13(15-9)6-5-12(3,4)11(7-13)8-14/h9-11H,5-7H2,1-4H3/t9-,10-,11-/m1/s1. The lowest BCUT2D eigenvalue weighted by Gasteiger charge is -2.43. The highest BCUT2D eigenvalue weighted by Gasteiger charge is 2.51. The van der Waals surface area contributed by atoms with Crippen molar-refractivity contribution in [3.05, 3.63) is 0 Å². The molecule has 0 unspecified atom stereocenters. The first-order valence-corrected chi connectivity index (χ1v) is 6.14. The summed E-state index contributed by atoms with van der Waals surface area (Å²) < 4.78 is 11.9. The first-order valence-electron chi connectivity index (χ1n) is 6.14. The number of nitriles is 1. The van der Waals surface area contributed by atoms with E-state index in [1.165, 1.54) is 0 Å². The molecule has 1 saturated heterocycles. The van der Waals surface area contributed by atoms with Crippen LogP contribution in [0.4, 0.5) is 0 Å². The fourth-order valence-electron chi connectivity index (χ4n) is 2.71. The van der Waals surface area contributed by atoms with Crippen molar-refractivity contribution in [1.82, 2.24) is 0 Å². The minimum Gasteiger partial charge on any atom is -0.344 e. The number of rotatable bonds is 0. The van der Waals surface area contributed by atoms with Crippen LogP contribution in [-0.2, 0) is 9.47 Å². The molecule has 3 heteroatoms. The normalized spacial score (nSPS) is 40.8. The smallest absolute Gasteiger partial charge is 0.170 e. The molecule has 3 nitrogen and oxygen atoms in total. The molecule has 1 heterocycles. The summed E-state index contributed by atoms with van der Waals surface area (Å²) in [6.07, 6.45) is 2.89. The van der Waals surface area contributed by atoms with Crippen LogP contribution in [-0.4, -0.2) is 18.0 Å². The van der Waals surface area contributed by atoms with Gasteiger partial charge in [-0.2, -0.15) is 5.26 Å². The summed E-state index contributed by atoms with van der Waals surface area (Å²) in [5, 5.41) is 9.24. The quantitative estimate of drug-likeness (QED) is 0.634. The van der Waals surface area contributed by atoms with E-state index in [1.807, 2.05) is 13.8 Å². The summed E-state index contributed by atoms with van der Waals surface area (Å²) in [5.41, 5.74) is 0.0851. The van der Waals surface area contributed by atoms with Gasteiger partial charge in [0.05, 0.1) is 24.2 Å². The number of hydrogen-bond acceptors (Lipinski definition) is 3. The average Bonchev–Trinajstić information content (AvgIpc) is 2.48. The molecule has 1 spiro atoms. The summed E-state index contributed by atoms with van der Waals surface area (Å²) in [6.45, 7) is 8.41. The molecule has 2 aliphatic rings. The molecule has 0 amide bonds. The molecular weight excluding hydrogens is 202 g/mol. The van der Waals surface area contributed by atoms with Crippen molar-refractivity contribution in [2.24, 2.45) is 11.3 Å². The highest BCUT2D eigenvalue weighted by atomic mass is 16.8. The molecule has 0 aromatic carbocycles. The Morgan fingerprint density at radius 2 is 1.69 bits per heavy atom. The van der Waals surface area contributed by atoms with Gasteiger partial charge in [-0.25, -0.2) is 0 Å². The minimum atomic E-state index is -0.477. The molecule has 1 saturated carbocycles. The third-order valence-electron chi connectivity index (χ3n) is 4.23. The van der Waals surface area contributed by atoms with Crippen molar-refractivity contribution in [3.8, 4) is 6.07 Å². The molecule has 3 atom stereocenters. The second kappa shape index (κ2) is 3.72. The Hall–Kier alpha value is -0.590. The summed E-state index contributed by atoms with van der Waals surface area (Å²) in [4.78, 5) is 0. The van der Waals surface area contributed by atoms with Crippen LogP contribution in [0.5, 0.6) is 0 Å². The Balaban J connectivity index is 2.14. The SMILES string of the molecule is C[C@H]1OC2(CCC(C)(C)[C@@H](C#N)C2)O[C@@H]1C. The van der Waals surface area contributed by atoms with Crippen molar-refractivity contribution in [2.75, 3.05) is 0 Å². The van der Waals surface area contributed by atoms with Crippen molar-refractivity contribution in [3.63, 3.8) is 0 Å². The number of ether oxygens (including phenoxy) is 2. The predicted molar refractivity (Wildman–Crippen MR) is 60.6 cm³/mol. The molecular formula is C13H21NO2. The average molecular weight is 223 g/mol.